The molecule has 0 saturated carbocycles. The molecular formula is C25H22F6N2O7. The summed E-state index contributed by atoms with van der Waals surface area (Å²) in [6.07, 6.45) is -8.47. The number of esters is 2. The van der Waals surface area contributed by atoms with E-state index in [0.717, 1.165) is 46.3 Å². The third kappa shape index (κ3) is 8.68. The van der Waals surface area contributed by atoms with Gasteiger partial charge in [-0.05, 0) is 29.8 Å². The first-order chi connectivity index (χ1) is 18.4. The molecule has 2 rings (SSSR count). The van der Waals surface area contributed by atoms with Crippen LogP contribution in [0.2, 0.25) is 0 Å². The van der Waals surface area contributed by atoms with Gasteiger partial charge in [-0.25, -0.2) is 9.59 Å². The summed E-state index contributed by atoms with van der Waals surface area (Å²) in [7, 11) is 2.11. The Kier molecular flexibility index (Phi) is 11.2. The highest BCUT2D eigenvalue weighted by Gasteiger charge is 2.36. The van der Waals surface area contributed by atoms with Crippen LogP contribution in [0.1, 0.15) is 61.6 Å². The number of ether oxygens (including phenoxy) is 2. The van der Waals surface area contributed by atoms with Gasteiger partial charge in [-0.3, -0.25) is 14.4 Å². The molecule has 0 atom stereocenters. The monoisotopic (exact) mass is 576 g/mol. The minimum absolute atomic E-state index is 0.0210. The Morgan fingerprint density at radius 3 is 1.35 bits per heavy atom. The Labute approximate surface area is 223 Å². The van der Waals surface area contributed by atoms with Crippen molar-refractivity contribution in [2.75, 3.05) is 24.9 Å². The van der Waals surface area contributed by atoms with Crippen molar-refractivity contribution in [2.24, 2.45) is 0 Å². The van der Waals surface area contributed by atoms with E-state index >= 15 is 0 Å². The van der Waals surface area contributed by atoms with E-state index in [1.54, 1.807) is 0 Å². The predicted octanol–water partition coefficient (Wildman–Crippen LogP) is 5.36. The SMILES string of the molecule is C=Cc1cc(C(=O)OC)c(NC(C)=O)cc1C(F)(F)F.COC(=O)c1cc(C=O)c(C(F)(F)F)cc1NC(C)=O. The van der Waals surface area contributed by atoms with Crippen molar-refractivity contribution in [1.29, 1.82) is 0 Å². The number of methoxy groups -OCH3 is 2. The van der Waals surface area contributed by atoms with E-state index in [4.69, 9.17) is 0 Å². The minimum atomic E-state index is -4.79. The van der Waals surface area contributed by atoms with Gasteiger partial charge in [0.05, 0.1) is 47.8 Å². The van der Waals surface area contributed by atoms with Crippen LogP contribution in [-0.4, -0.2) is 44.3 Å². The highest BCUT2D eigenvalue weighted by Crippen LogP contribution is 2.37. The molecule has 2 aromatic carbocycles. The van der Waals surface area contributed by atoms with Crippen LogP contribution in [0.25, 0.3) is 6.08 Å². The number of hydrogen-bond acceptors (Lipinski definition) is 7. The summed E-state index contributed by atoms with van der Waals surface area (Å²) in [4.78, 5) is 55.8. The fourth-order valence-corrected chi connectivity index (χ4v) is 3.13. The van der Waals surface area contributed by atoms with Gasteiger partial charge in [-0.2, -0.15) is 26.3 Å². The van der Waals surface area contributed by atoms with Crippen molar-refractivity contribution in [3.63, 3.8) is 0 Å². The zero-order valence-corrected chi connectivity index (χ0v) is 21.3. The second-order valence-corrected chi connectivity index (χ2v) is 7.63. The quantitative estimate of drug-likeness (QED) is 0.269. The maximum atomic E-state index is 12.9. The predicted molar refractivity (Wildman–Crippen MR) is 130 cm³/mol. The van der Waals surface area contributed by atoms with Gasteiger partial charge in [0.25, 0.3) is 0 Å². The summed E-state index contributed by atoms with van der Waals surface area (Å²) in [6, 6.07) is 2.92. The van der Waals surface area contributed by atoms with Crippen LogP contribution in [0.3, 0.4) is 0 Å². The molecule has 0 bridgehead atoms. The molecule has 0 aliphatic carbocycles. The third-order valence-corrected chi connectivity index (χ3v) is 4.77. The Bertz CT molecular complexity index is 1230. The lowest BCUT2D eigenvalue weighted by Gasteiger charge is -2.15. The molecular weight excluding hydrogens is 554 g/mol. The number of benzene rings is 2. The molecule has 0 fully saturated rings. The number of aldehydes is 1. The molecule has 216 valence electrons. The maximum absolute atomic E-state index is 12.9. The fraction of sp³-hybridized carbons (Fsp3) is 0.240. The Balaban J connectivity index is 0.000000400. The number of anilines is 2. The number of alkyl halides is 6. The van der Waals surface area contributed by atoms with Crippen molar-refractivity contribution >= 4 is 47.5 Å². The summed E-state index contributed by atoms with van der Waals surface area (Å²) in [5.41, 5.74) is -4.38. The Morgan fingerprint density at radius 1 is 0.725 bits per heavy atom. The van der Waals surface area contributed by atoms with Crippen LogP contribution < -0.4 is 10.6 Å². The Morgan fingerprint density at radius 2 is 1.07 bits per heavy atom. The molecule has 2 N–H and O–H groups in total. The van der Waals surface area contributed by atoms with E-state index in [0.29, 0.717) is 12.1 Å². The van der Waals surface area contributed by atoms with Crippen LogP contribution in [-0.2, 0) is 31.4 Å². The van der Waals surface area contributed by atoms with Gasteiger partial charge < -0.3 is 20.1 Å². The van der Waals surface area contributed by atoms with E-state index in [1.807, 2.05) is 0 Å². The average Bonchev–Trinajstić information content (AvgIpc) is 2.85. The number of nitrogens with one attached hydrogen (secondary N) is 2. The number of halogens is 6. The van der Waals surface area contributed by atoms with Crippen molar-refractivity contribution in [2.45, 2.75) is 26.2 Å². The zero-order chi connectivity index (χ0) is 31.0. The molecule has 0 radical (unpaired) electrons. The van der Waals surface area contributed by atoms with E-state index in [9.17, 15) is 50.3 Å². The van der Waals surface area contributed by atoms with Gasteiger partial charge >= 0.3 is 24.3 Å². The topological polar surface area (TPSA) is 128 Å². The Hall–Kier alpha value is -4.69. The van der Waals surface area contributed by atoms with Crippen LogP contribution in [0.15, 0.2) is 30.8 Å². The second-order valence-electron chi connectivity index (χ2n) is 7.63. The first-order valence-electron chi connectivity index (χ1n) is 10.7. The van der Waals surface area contributed by atoms with Crippen molar-refractivity contribution in [3.8, 4) is 0 Å². The van der Waals surface area contributed by atoms with Crippen LogP contribution in [0, 0.1) is 0 Å². The summed E-state index contributed by atoms with van der Waals surface area (Å²) >= 11 is 0. The van der Waals surface area contributed by atoms with Crippen molar-refractivity contribution < 1.29 is 59.8 Å². The molecule has 0 saturated heterocycles. The summed E-state index contributed by atoms with van der Waals surface area (Å²) in [6.45, 7) is 5.47. The molecule has 2 amide bonds. The van der Waals surface area contributed by atoms with Crippen LogP contribution in [0.5, 0.6) is 0 Å². The number of carbonyl (C=O) groups is 5. The highest BCUT2D eigenvalue weighted by atomic mass is 19.4. The minimum Gasteiger partial charge on any atom is -0.465 e. The molecule has 0 heterocycles. The van der Waals surface area contributed by atoms with Gasteiger partial charge in [0, 0.05) is 19.4 Å². The zero-order valence-electron chi connectivity index (χ0n) is 21.3. The number of hydrogen-bond donors (Lipinski definition) is 2. The second kappa shape index (κ2) is 13.4. The summed E-state index contributed by atoms with van der Waals surface area (Å²) < 4.78 is 85.9. The van der Waals surface area contributed by atoms with Gasteiger partial charge in [0.15, 0.2) is 6.29 Å². The molecule has 0 aliphatic heterocycles. The third-order valence-electron chi connectivity index (χ3n) is 4.77. The molecule has 0 unspecified atom stereocenters. The number of rotatable bonds is 6. The molecule has 0 aliphatic rings. The van der Waals surface area contributed by atoms with E-state index < -0.39 is 52.8 Å². The van der Waals surface area contributed by atoms with E-state index in [-0.39, 0.29) is 34.4 Å². The molecule has 2 aromatic rings. The smallest absolute Gasteiger partial charge is 0.417 e. The first kappa shape index (κ1) is 33.3. The summed E-state index contributed by atoms with van der Waals surface area (Å²) in [5.74, 6) is -3.09. The molecule has 40 heavy (non-hydrogen) atoms. The standard InChI is InChI=1S/C13H12F3NO3.C12H10F3NO4/c1-4-8-5-9(12(19)20-3)11(17-7(2)18)6-10(8)13(14,15)16;1-6(18)16-10-4-9(12(13,14)15)7(5-17)3-8(10)11(19)20-2/h4-6H,1H2,2-3H3,(H,17,18);3-5H,1-2H3,(H,16,18). The molecule has 0 spiro atoms. The highest BCUT2D eigenvalue weighted by molar-refractivity contribution is 6.03. The lowest BCUT2D eigenvalue weighted by atomic mass is 10.0. The largest absolute Gasteiger partial charge is 0.465 e. The van der Waals surface area contributed by atoms with E-state index in [2.05, 4.69) is 26.7 Å². The van der Waals surface area contributed by atoms with Gasteiger partial charge in [-0.15, -0.1) is 0 Å². The van der Waals surface area contributed by atoms with Gasteiger partial charge in [-0.1, -0.05) is 12.7 Å². The lowest BCUT2D eigenvalue weighted by molar-refractivity contribution is -0.138. The fourth-order valence-electron chi connectivity index (χ4n) is 3.13. The van der Waals surface area contributed by atoms with Crippen molar-refractivity contribution in [3.05, 3.63) is 64.2 Å². The molecule has 9 nitrogen and oxygen atoms in total. The van der Waals surface area contributed by atoms with Crippen molar-refractivity contribution in [1.82, 2.24) is 0 Å². The van der Waals surface area contributed by atoms with Gasteiger partial charge in [0.1, 0.15) is 0 Å². The normalized spacial score (nSPS) is 10.8. The number of amides is 2. The van der Waals surface area contributed by atoms with E-state index in [1.165, 1.54) is 0 Å². The average molecular weight is 576 g/mol. The number of carbonyl (C=O) groups excluding carboxylic acids is 5. The lowest BCUT2D eigenvalue weighted by Crippen LogP contribution is -2.16. The molecule has 15 heteroatoms. The molecule has 0 aromatic heterocycles. The van der Waals surface area contributed by atoms with Gasteiger partial charge in [0.2, 0.25) is 11.8 Å². The first-order valence-corrected chi connectivity index (χ1v) is 10.7. The summed E-state index contributed by atoms with van der Waals surface area (Å²) in [5, 5.41) is 4.28. The van der Waals surface area contributed by atoms with Crippen LogP contribution >= 0.6 is 0 Å². The van der Waals surface area contributed by atoms with Crippen LogP contribution in [0.4, 0.5) is 37.7 Å². The maximum Gasteiger partial charge on any atom is 0.417 e.